The summed E-state index contributed by atoms with van der Waals surface area (Å²) in [5, 5.41) is 10.7. The Morgan fingerprint density at radius 2 is 0.457 bits per heavy atom. The maximum Gasteiger partial charge on any atom is 0.472 e. The van der Waals surface area contributed by atoms with Crippen LogP contribution in [0.5, 0.6) is 0 Å². The fourth-order valence-electron chi connectivity index (χ4n) is 13.3. The quantitative estimate of drug-likeness (QED) is 0.0222. The normalized spacial score (nSPS) is 14.4. The van der Waals surface area contributed by atoms with E-state index in [2.05, 4.69) is 55.4 Å². The molecule has 0 rings (SSSR count). The van der Waals surface area contributed by atoms with Crippen LogP contribution in [0.4, 0.5) is 0 Å². The highest BCUT2D eigenvalue weighted by Crippen LogP contribution is 2.45. The fraction of sp³-hybridized carbons (Fsp3) is 0.953. The summed E-state index contributed by atoms with van der Waals surface area (Å²) >= 11 is 0. The maximum absolute atomic E-state index is 13.1. The lowest BCUT2D eigenvalue weighted by Crippen LogP contribution is -2.30. The third kappa shape index (κ3) is 77.2. The Kier molecular flexibility index (Phi) is 73.4. The van der Waals surface area contributed by atoms with Gasteiger partial charge >= 0.3 is 39.5 Å². The second-order valence-corrected chi connectivity index (χ2v) is 35.3. The molecular formula is C86H168O17P2. The fourth-order valence-corrected chi connectivity index (χ4v) is 14.8. The van der Waals surface area contributed by atoms with Gasteiger partial charge in [0.05, 0.1) is 26.4 Å². The lowest BCUT2D eigenvalue weighted by molar-refractivity contribution is -0.161. The van der Waals surface area contributed by atoms with Crippen molar-refractivity contribution in [1.82, 2.24) is 0 Å². The first-order chi connectivity index (χ1) is 50.7. The van der Waals surface area contributed by atoms with Crippen LogP contribution in [0, 0.1) is 23.7 Å². The van der Waals surface area contributed by atoms with Crippen molar-refractivity contribution in [3.63, 3.8) is 0 Å². The number of phosphoric acid groups is 2. The summed E-state index contributed by atoms with van der Waals surface area (Å²) in [6, 6.07) is 0. The molecule has 0 spiro atoms. The third-order valence-electron chi connectivity index (χ3n) is 20.8. The molecule has 0 aromatic heterocycles. The Morgan fingerprint density at radius 3 is 0.676 bits per heavy atom. The molecule has 17 nitrogen and oxygen atoms in total. The molecule has 624 valence electrons. The van der Waals surface area contributed by atoms with Crippen molar-refractivity contribution in [2.75, 3.05) is 39.6 Å². The van der Waals surface area contributed by atoms with Crippen LogP contribution in [0.25, 0.3) is 0 Å². The first-order valence-corrected chi connectivity index (χ1v) is 47.3. The Morgan fingerprint density at radius 1 is 0.267 bits per heavy atom. The number of esters is 4. The highest BCUT2D eigenvalue weighted by molar-refractivity contribution is 7.47. The highest BCUT2D eigenvalue weighted by atomic mass is 31.2. The molecule has 0 radical (unpaired) electrons. The van der Waals surface area contributed by atoms with E-state index in [4.69, 9.17) is 37.0 Å². The van der Waals surface area contributed by atoms with E-state index in [-0.39, 0.29) is 25.7 Å². The van der Waals surface area contributed by atoms with Crippen molar-refractivity contribution in [1.29, 1.82) is 0 Å². The zero-order chi connectivity index (χ0) is 77.4. The summed E-state index contributed by atoms with van der Waals surface area (Å²) < 4.78 is 68.8. The number of rotatable bonds is 83. The third-order valence-corrected chi connectivity index (χ3v) is 22.7. The monoisotopic (exact) mass is 1540 g/mol. The zero-order valence-corrected chi connectivity index (χ0v) is 71.2. The van der Waals surface area contributed by atoms with Gasteiger partial charge in [0.2, 0.25) is 0 Å². The molecule has 7 atom stereocenters. The van der Waals surface area contributed by atoms with Crippen molar-refractivity contribution in [3.05, 3.63) is 0 Å². The van der Waals surface area contributed by atoms with Gasteiger partial charge in [-0.2, -0.15) is 0 Å². The first-order valence-electron chi connectivity index (χ1n) is 44.3. The topological polar surface area (TPSA) is 237 Å². The zero-order valence-electron chi connectivity index (χ0n) is 69.4. The molecule has 0 aromatic rings. The molecule has 0 amide bonds. The number of aliphatic hydroxyl groups excluding tert-OH is 1. The minimum absolute atomic E-state index is 0.104. The van der Waals surface area contributed by atoms with Crippen molar-refractivity contribution >= 4 is 39.5 Å². The predicted molar refractivity (Wildman–Crippen MR) is 432 cm³/mol. The number of unbranched alkanes of at least 4 members (excludes halogenated alkanes) is 47. The van der Waals surface area contributed by atoms with Gasteiger partial charge < -0.3 is 33.8 Å². The SMILES string of the molecule is CCC(C)CCCCCCCCCCCCCCCCCCCCC(=O)O[C@H](COC(=O)CCCCCCCCCCCCCCCCCCCCC(C)C)COP(=O)(O)OC[C@@H](O)COP(=O)(O)OC[C@@H](COC(=O)CCCCCCCCC(C)CC)OC(=O)CCCCCCCCCCCC(C)C. The minimum Gasteiger partial charge on any atom is -0.462 e. The lowest BCUT2D eigenvalue weighted by Gasteiger charge is -2.21. The van der Waals surface area contributed by atoms with Gasteiger partial charge in [-0.15, -0.1) is 0 Å². The molecule has 0 aromatic carbocycles. The van der Waals surface area contributed by atoms with Gasteiger partial charge in [-0.1, -0.05) is 396 Å². The van der Waals surface area contributed by atoms with Gasteiger partial charge in [-0.05, 0) is 49.4 Å². The van der Waals surface area contributed by atoms with Crippen molar-refractivity contribution in [3.8, 4) is 0 Å². The summed E-state index contributed by atoms with van der Waals surface area (Å²) in [5.74, 6) is 1.05. The molecule has 0 saturated carbocycles. The van der Waals surface area contributed by atoms with E-state index < -0.39 is 97.5 Å². The van der Waals surface area contributed by atoms with Crippen molar-refractivity contribution in [2.24, 2.45) is 23.7 Å². The molecule has 0 heterocycles. The molecule has 3 N–H and O–H groups in total. The van der Waals surface area contributed by atoms with Crippen LogP contribution in [0.2, 0.25) is 0 Å². The number of aliphatic hydroxyl groups is 1. The number of carbonyl (C=O) groups excluding carboxylic acids is 4. The second kappa shape index (κ2) is 74.8. The van der Waals surface area contributed by atoms with E-state index in [0.29, 0.717) is 25.7 Å². The molecule has 0 aliphatic carbocycles. The van der Waals surface area contributed by atoms with Crippen LogP contribution < -0.4 is 0 Å². The lowest BCUT2D eigenvalue weighted by atomic mass is 9.99. The summed E-state index contributed by atoms with van der Waals surface area (Å²) in [7, 11) is -9.93. The smallest absolute Gasteiger partial charge is 0.462 e. The molecule has 19 heteroatoms. The number of carbonyl (C=O) groups is 4. The van der Waals surface area contributed by atoms with Crippen LogP contribution in [0.1, 0.15) is 447 Å². The van der Waals surface area contributed by atoms with Gasteiger partial charge in [0.25, 0.3) is 0 Å². The summed E-state index contributed by atoms with van der Waals surface area (Å²) in [4.78, 5) is 73.1. The molecule has 0 saturated heterocycles. The average Bonchev–Trinajstić information content (AvgIpc) is 0.919. The van der Waals surface area contributed by atoms with E-state index in [1.807, 2.05) is 0 Å². The van der Waals surface area contributed by atoms with Gasteiger partial charge in [-0.3, -0.25) is 37.3 Å². The number of hydrogen-bond donors (Lipinski definition) is 3. The van der Waals surface area contributed by atoms with E-state index in [0.717, 1.165) is 120 Å². The molecule has 0 bridgehead atoms. The Balaban J connectivity index is 5.20. The number of ether oxygens (including phenoxy) is 4. The van der Waals surface area contributed by atoms with Gasteiger partial charge in [-0.25, -0.2) is 9.13 Å². The summed E-state index contributed by atoms with van der Waals surface area (Å²) in [5.41, 5.74) is 0. The van der Waals surface area contributed by atoms with Gasteiger partial charge in [0.15, 0.2) is 12.2 Å². The molecule has 4 unspecified atom stereocenters. The predicted octanol–water partition coefficient (Wildman–Crippen LogP) is 25.9. The van der Waals surface area contributed by atoms with E-state index in [9.17, 15) is 43.2 Å². The Bertz CT molecular complexity index is 2050. The standard InChI is InChI=1S/C86H168O17P2/c1-9-78(7)64-56-48-40-34-28-24-20-16-12-14-18-22-26-30-36-42-52-60-68-85(90)102-81(72-96-83(88)66-58-50-41-35-29-25-21-17-13-11-15-19-23-27-32-38-46-54-62-76(3)4)74-100-104(92,93)98-70-80(87)71-99-105(94,95)101-75-82(73-97-84(89)67-59-51-45-44-49-57-65-79(8)10-2)103-86(91)69-61-53-43-37-31-33-39-47-55-63-77(5)6/h76-82,87H,9-75H2,1-8H3,(H,92,93)(H,94,95)/t78?,79?,80-,81-,82-/m1/s1. The molecule has 0 aliphatic heterocycles. The van der Waals surface area contributed by atoms with Gasteiger partial charge in [0.1, 0.15) is 19.3 Å². The number of hydrogen-bond acceptors (Lipinski definition) is 15. The van der Waals surface area contributed by atoms with Crippen LogP contribution in [0.3, 0.4) is 0 Å². The number of phosphoric ester groups is 2. The minimum atomic E-state index is -4.97. The van der Waals surface area contributed by atoms with E-state index in [1.54, 1.807) is 0 Å². The Hall–Kier alpha value is -1.94. The van der Waals surface area contributed by atoms with Crippen LogP contribution >= 0.6 is 15.6 Å². The maximum atomic E-state index is 13.1. The Labute approximate surface area is 645 Å². The second-order valence-electron chi connectivity index (χ2n) is 32.4. The molecule has 0 fully saturated rings. The molecule has 0 aliphatic rings. The van der Waals surface area contributed by atoms with Crippen LogP contribution in [-0.4, -0.2) is 96.7 Å². The van der Waals surface area contributed by atoms with Crippen molar-refractivity contribution in [2.45, 2.75) is 465 Å². The highest BCUT2D eigenvalue weighted by Gasteiger charge is 2.31. The van der Waals surface area contributed by atoms with Gasteiger partial charge in [0, 0.05) is 25.7 Å². The van der Waals surface area contributed by atoms with Crippen molar-refractivity contribution < 1.29 is 80.2 Å². The average molecular weight is 1540 g/mol. The van der Waals surface area contributed by atoms with E-state index in [1.165, 1.54) is 244 Å². The summed E-state index contributed by atoms with van der Waals surface area (Å²) in [6.07, 6.45) is 64.1. The van der Waals surface area contributed by atoms with E-state index >= 15 is 0 Å². The largest absolute Gasteiger partial charge is 0.472 e. The molecular weight excluding hydrogens is 1370 g/mol. The molecule has 105 heavy (non-hydrogen) atoms. The summed E-state index contributed by atoms with van der Waals surface area (Å²) in [6.45, 7) is 14.3. The van der Waals surface area contributed by atoms with Crippen LogP contribution in [0.15, 0.2) is 0 Å². The van der Waals surface area contributed by atoms with Crippen LogP contribution in [-0.2, 0) is 65.4 Å². The first kappa shape index (κ1) is 103.